The lowest BCUT2D eigenvalue weighted by Crippen LogP contribution is -2.53. The van der Waals surface area contributed by atoms with Crippen molar-refractivity contribution in [2.45, 2.75) is 19.5 Å². The van der Waals surface area contributed by atoms with Crippen molar-refractivity contribution in [3.63, 3.8) is 0 Å². The Bertz CT molecular complexity index is 1110. The number of anilines is 1. The summed E-state index contributed by atoms with van der Waals surface area (Å²) in [6.45, 7) is 4.80. The van der Waals surface area contributed by atoms with Crippen molar-refractivity contribution in [2.24, 2.45) is 0 Å². The molecule has 0 radical (unpaired) electrons. The molecule has 0 aliphatic carbocycles. The van der Waals surface area contributed by atoms with E-state index in [4.69, 9.17) is 29.1 Å². The Morgan fingerprint density at radius 1 is 1.35 bits per heavy atom. The minimum atomic E-state index is -0.244. The van der Waals surface area contributed by atoms with Gasteiger partial charge in [-0.3, -0.25) is 19.3 Å². The van der Waals surface area contributed by atoms with Crippen LogP contribution in [0.3, 0.4) is 0 Å². The molecule has 1 unspecified atom stereocenters. The Hall–Kier alpha value is -2.64. The lowest BCUT2D eigenvalue weighted by atomic mass is 10.1. The van der Waals surface area contributed by atoms with E-state index in [0.29, 0.717) is 22.8 Å². The number of halogens is 2. The van der Waals surface area contributed by atoms with Crippen LogP contribution < -0.4 is 9.62 Å². The van der Waals surface area contributed by atoms with E-state index in [1.807, 2.05) is 24.3 Å². The summed E-state index contributed by atoms with van der Waals surface area (Å²) in [4.78, 5) is 17.1. The molecule has 10 heteroatoms. The van der Waals surface area contributed by atoms with Crippen molar-refractivity contribution >= 4 is 58.5 Å². The summed E-state index contributed by atoms with van der Waals surface area (Å²) in [5.41, 5.74) is 2.47. The van der Waals surface area contributed by atoms with Crippen LogP contribution in [-0.4, -0.2) is 52.8 Å². The normalized spacial score (nSPS) is 16.3. The van der Waals surface area contributed by atoms with Gasteiger partial charge < -0.3 is 4.90 Å². The van der Waals surface area contributed by atoms with Gasteiger partial charge in [0, 0.05) is 55.1 Å². The summed E-state index contributed by atoms with van der Waals surface area (Å²) in [6.07, 6.45) is 6.93. The molecule has 1 saturated heterocycles. The molecule has 6 nitrogen and oxygen atoms in total. The maximum atomic E-state index is 13.2. The first-order chi connectivity index (χ1) is 16.3. The topological polar surface area (TPSA) is 62.6 Å². The second-order valence-electron chi connectivity index (χ2n) is 7.80. The number of benzene rings is 2. The van der Waals surface area contributed by atoms with Gasteiger partial charge in [-0.2, -0.15) is 5.26 Å². The van der Waals surface area contributed by atoms with Crippen LogP contribution >= 0.6 is 35.8 Å². The highest BCUT2D eigenvalue weighted by atomic mass is 35.5. The van der Waals surface area contributed by atoms with Crippen molar-refractivity contribution in [1.29, 1.82) is 5.26 Å². The van der Waals surface area contributed by atoms with E-state index in [1.54, 1.807) is 46.8 Å². The SMILES string of the molecule is CSN(C(=S)NC#N)c1ccc(Cl)cc1C=CC(=O)N1CCN(Cc2ccc(F)cc2)CC1C. The molecule has 178 valence electrons. The van der Waals surface area contributed by atoms with Crippen LogP contribution in [-0.2, 0) is 11.3 Å². The first-order valence-corrected chi connectivity index (χ1v) is 12.6. The third kappa shape index (κ3) is 6.70. The molecule has 2 aromatic carbocycles. The van der Waals surface area contributed by atoms with Gasteiger partial charge in [0.2, 0.25) is 5.91 Å². The quantitative estimate of drug-likeness (QED) is 0.196. The van der Waals surface area contributed by atoms with Gasteiger partial charge in [0.1, 0.15) is 5.82 Å². The molecule has 1 aliphatic heterocycles. The lowest BCUT2D eigenvalue weighted by molar-refractivity contribution is -0.130. The number of nitrogens with one attached hydrogen (secondary N) is 1. The number of rotatable bonds is 6. The molecule has 1 N–H and O–H groups in total. The zero-order valence-electron chi connectivity index (χ0n) is 18.9. The molecule has 0 saturated carbocycles. The smallest absolute Gasteiger partial charge is 0.246 e. The van der Waals surface area contributed by atoms with Gasteiger partial charge in [0.25, 0.3) is 0 Å². The van der Waals surface area contributed by atoms with Gasteiger partial charge in [-0.1, -0.05) is 23.7 Å². The molecule has 1 aliphatic rings. The number of carbonyl (C=O) groups excluding carboxylic acids is 1. The standard InChI is InChI=1S/C24H25ClFN5OS2/c1-17-14-29(15-18-3-7-21(26)8-4-18)11-12-30(17)23(32)10-5-19-13-20(25)6-9-22(19)31(34-2)24(33)28-16-27/h3-10,13,17H,11-12,14-15H2,1-2H3,(H,28,33). The summed E-state index contributed by atoms with van der Waals surface area (Å²) < 4.78 is 14.8. The van der Waals surface area contributed by atoms with Gasteiger partial charge in [0.15, 0.2) is 11.3 Å². The Morgan fingerprint density at radius 3 is 2.74 bits per heavy atom. The Labute approximate surface area is 214 Å². The molecule has 3 rings (SSSR count). The summed E-state index contributed by atoms with van der Waals surface area (Å²) in [5, 5.41) is 12.1. The van der Waals surface area contributed by atoms with E-state index < -0.39 is 0 Å². The van der Waals surface area contributed by atoms with Gasteiger partial charge in [-0.05, 0) is 73.1 Å². The molecule has 34 heavy (non-hydrogen) atoms. The fraction of sp³-hybridized carbons (Fsp3) is 0.292. The average molecular weight is 518 g/mol. The molecular formula is C24H25ClFN5OS2. The van der Waals surface area contributed by atoms with Gasteiger partial charge in [0.05, 0.1) is 5.69 Å². The van der Waals surface area contributed by atoms with E-state index in [-0.39, 0.29) is 22.9 Å². The molecule has 1 amide bonds. The predicted molar refractivity (Wildman–Crippen MR) is 141 cm³/mol. The number of hydrogen-bond acceptors (Lipinski definition) is 5. The molecule has 1 atom stereocenters. The number of nitriles is 1. The van der Waals surface area contributed by atoms with E-state index in [2.05, 4.69) is 10.2 Å². The van der Waals surface area contributed by atoms with Crippen molar-refractivity contribution in [3.8, 4) is 6.19 Å². The van der Waals surface area contributed by atoms with Crippen molar-refractivity contribution in [2.75, 3.05) is 30.2 Å². The molecule has 0 bridgehead atoms. The number of piperazine rings is 1. The molecule has 1 heterocycles. The summed E-state index contributed by atoms with van der Waals surface area (Å²) in [7, 11) is 0. The molecule has 0 aromatic heterocycles. The van der Waals surface area contributed by atoms with Gasteiger partial charge >= 0.3 is 0 Å². The summed E-state index contributed by atoms with van der Waals surface area (Å²) in [5.74, 6) is -0.334. The fourth-order valence-corrected chi connectivity index (χ4v) is 4.96. The number of carbonyl (C=O) groups is 1. The number of nitrogens with zero attached hydrogens (tertiary/aromatic N) is 4. The van der Waals surface area contributed by atoms with Crippen LogP contribution in [0.2, 0.25) is 5.02 Å². The minimum Gasteiger partial charge on any atom is -0.334 e. The summed E-state index contributed by atoms with van der Waals surface area (Å²) >= 11 is 12.8. The monoisotopic (exact) mass is 517 g/mol. The largest absolute Gasteiger partial charge is 0.334 e. The lowest BCUT2D eigenvalue weighted by Gasteiger charge is -2.39. The zero-order valence-corrected chi connectivity index (χ0v) is 21.3. The van der Waals surface area contributed by atoms with Gasteiger partial charge in [-0.25, -0.2) is 4.39 Å². The van der Waals surface area contributed by atoms with Crippen LogP contribution in [0.25, 0.3) is 6.08 Å². The maximum Gasteiger partial charge on any atom is 0.246 e. The highest BCUT2D eigenvalue weighted by Crippen LogP contribution is 2.29. The predicted octanol–water partition coefficient (Wildman–Crippen LogP) is 4.67. The molecule has 2 aromatic rings. The van der Waals surface area contributed by atoms with Gasteiger partial charge in [-0.15, -0.1) is 0 Å². The second kappa shape index (κ2) is 12.2. The highest BCUT2D eigenvalue weighted by Gasteiger charge is 2.26. The molecular weight excluding hydrogens is 493 g/mol. The zero-order chi connectivity index (χ0) is 24.7. The van der Waals surface area contributed by atoms with Crippen LogP contribution in [0.5, 0.6) is 0 Å². The van der Waals surface area contributed by atoms with E-state index in [9.17, 15) is 9.18 Å². The number of thiocarbonyl (C=S) groups is 1. The van der Waals surface area contributed by atoms with E-state index >= 15 is 0 Å². The van der Waals surface area contributed by atoms with Crippen molar-refractivity contribution in [1.82, 2.24) is 15.1 Å². The maximum absolute atomic E-state index is 13.2. The van der Waals surface area contributed by atoms with Crippen LogP contribution in [0, 0.1) is 17.3 Å². The Kier molecular flexibility index (Phi) is 9.30. The highest BCUT2D eigenvalue weighted by molar-refractivity contribution is 8.01. The van der Waals surface area contributed by atoms with E-state index in [1.165, 1.54) is 24.1 Å². The Balaban J connectivity index is 1.69. The number of amides is 1. The molecule has 0 spiro atoms. The average Bonchev–Trinajstić information content (AvgIpc) is 2.81. The number of hydrogen-bond donors (Lipinski definition) is 1. The molecule has 1 fully saturated rings. The van der Waals surface area contributed by atoms with Crippen molar-refractivity contribution < 1.29 is 9.18 Å². The van der Waals surface area contributed by atoms with Crippen LogP contribution in [0.4, 0.5) is 10.1 Å². The first-order valence-electron chi connectivity index (χ1n) is 10.6. The second-order valence-corrected chi connectivity index (χ2v) is 9.35. The van der Waals surface area contributed by atoms with Crippen molar-refractivity contribution in [3.05, 3.63) is 70.5 Å². The minimum absolute atomic E-state index is 0.0280. The first kappa shape index (κ1) is 26.0. The summed E-state index contributed by atoms with van der Waals surface area (Å²) in [6, 6.07) is 11.8. The fourth-order valence-electron chi connectivity index (χ4n) is 3.84. The third-order valence-corrected chi connectivity index (χ3v) is 6.84. The third-order valence-electron chi connectivity index (χ3n) is 5.46. The van der Waals surface area contributed by atoms with E-state index in [0.717, 1.165) is 25.2 Å². The van der Waals surface area contributed by atoms with Crippen LogP contribution in [0.1, 0.15) is 18.1 Å². The van der Waals surface area contributed by atoms with Crippen LogP contribution in [0.15, 0.2) is 48.5 Å². The Morgan fingerprint density at radius 2 is 2.09 bits per heavy atom.